The maximum Gasteiger partial charge on any atom is 0.262 e. The van der Waals surface area contributed by atoms with Crippen LogP contribution in [0.1, 0.15) is 58.5 Å². The van der Waals surface area contributed by atoms with Gasteiger partial charge in [-0.05, 0) is 57.6 Å². The predicted molar refractivity (Wildman–Crippen MR) is 120 cm³/mol. The molecule has 2 atom stereocenters. The second-order valence-corrected chi connectivity index (χ2v) is 9.68. The molecule has 0 bridgehead atoms. The average Bonchev–Trinajstić information content (AvgIpc) is 3.20. The van der Waals surface area contributed by atoms with E-state index in [9.17, 15) is 9.59 Å². The second kappa shape index (κ2) is 8.12. The molecule has 30 heavy (non-hydrogen) atoms. The van der Waals surface area contributed by atoms with Gasteiger partial charge in [0.25, 0.3) is 5.56 Å². The van der Waals surface area contributed by atoms with Crippen LogP contribution in [0.15, 0.2) is 17.2 Å². The largest absolute Gasteiger partial charge is 0.383 e. The topological polar surface area (TPSA) is 66.1 Å². The number of rotatable bonds is 6. The van der Waals surface area contributed by atoms with E-state index in [-0.39, 0.29) is 23.9 Å². The van der Waals surface area contributed by atoms with Gasteiger partial charge >= 0.3 is 0 Å². The molecule has 0 unspecified atom stereocenters. The third-order valence-corrected chi connectivity index (χ3v) is 7.39. The van der Waals surface area contributed by atoms with Crippen molar-refractivity contribution in [1.29, 1.82) is 0 Å². The van der Waals surface area contributed by atoms with E-state index in [1.54, 1.807) is 18.4 Å². The minimum absolute atomic E-state index is 0.00570. The second-order valence-electron chi connectivity index (χ2n) is 8.59. The smallest absolute Gasteiger partial charge is 0.262 e. The molecule has 0 aliphatic heterocycles. The van der Waals surface area contributed by atoms with Crippen molar-refractivity contribution in [3.8, 4) is 0 Å². The molecule has 4 rings (SSSR count). The van der Waals surface area contributed by atoms with Crippen LogP contribution in [0.25, 0.3) is 10.2 Å². The van der Waals surface area contributed by atoms with Gasteiger partial charge in [0.05, 0.1) is 30.9 Å². The third-order valence-electron chi connectivity index (χ3n) is 6.23. The zero-order chi connectivity index (χ0) is 21.6. The van der Waals surface area contributed by atoms with Crippen molar-refractivity contribution in [3.05, 3.63) is 50.1 Å². The van der Waals surface area contributed by atoms with E-state index in [1.165, 1.54) is 15.8 Å². The Kier molecular flexibility index (Phi) is 5.68. The highest BCUT2D eigenvalue weighted by Gasteiger charge is 2.24. The first-order valence-electron chi connectivity index (χ1n) is 10.5. The minimum Gasteiger partial charge on any atom is -0.383 e. The number of fused-ring (bicyclic) bond motifs is 3. The summed E-state index contributed by atoms with van der Waals surface area (Å²) in [6.45, 7) is 8.85. The average molecular weight is 428 g/mol. The Balaban J connectivity index is 1.67. The first-order valence-corrected chi connectivity index (χ1v) is 11.3. The molecule has 3 aromatic heterocycles. The van der Waals surface area contributed by atoms with Crippen LogP contribution in [0, 0.1) is 19.8 Å². The van der Waals surface area contributed by atoms with Crippen LogP contribution in [0.5, 0.6) is 0 Å². The lowest BCUT2D eigenvalue weighted by molar-refractivity contribution is 0.0969. The third kappa shape index (κ3) is 3.54. The molecule has 3 aromatic rings. The van der Waals surface area contributed by atoms with E-state index < -0.39 is 0 Å². The van der Waals surface area contributed by atoms with Crippen molar-refractivity contribution in [3.63, 3.8) is 0 Å². The maximum atomic E-state index is 13.2. The summed E-state index contributed by atoms with van der Waals surface area (Å²) in [5, 5.41) is 0.719. The molecule has 0 radical (unpaired) electrons. The van der Waals surface area contributed by atoms with Crippen LogP contribution in [-0.4, -0.2) is 33.6 Å². The number of ketones is 1. The molecule has 1 aliphatic rings. The van der Waals surface area contributed by atoms with Gasteiger partial charge in [0.1, 0.15) is 4.83 Å². The Morgan fingerprint density at radius 1 is 1.40 bits per heavy atom. The summed E-state index contributed by atoms with van der Waals surface area (Å²) >= 11 is 1.63. The molecular weight excluding hydrogens is 398 g/mol. The number of aryl methyl sites for hydroxylation is 2. The molecule has 160 valence electrons. The number of aromatic nitrogens is 3. The summed E-state index contributed by atoms with van der Waals surface area (Å²) in [5.74, 6) is 0.574. The Morgan fingerprint density at radius 2 is 2.17 bits per heavy atom. The Bertz CT molecular complexity index is 1170. The standard InChI is InChI=1S/C23H29N3O3S/c1-13-6-7-17-20(8-13)30-22-21(17)23(28)25(12-24-22)10-19(27)18-9-14(2)26(16(18)4)15(3)11-29-5/h9,12-13,15H,6-8,10-11H2,1-5H3/t13-,15-/m1/s1. The van der Waals surface area contributed by atoms with Crippen molar-refractivity contribution < 1.29 is 9.53 Å². The van der Waals surface area contributed by atoms with Gasteiger partial charge in [-0.25, -0.2) is 4.98 Å². The summed E-state index contributed by atoms with van der Waals surface area (Å²) in [4.78, 5) is 32.9. The SMILES string of the molecule is COC[C@@H](C)n1c(C)cc(C(=O)Cn2cnc3sc4c(c3c2=O)CC[C@@H](C)C4)c1C. The number of carbonyl (C=O) groups excluding carboxylic acids is 1. The van der Waals surface area contributed by atoms with Crippen LogP contribution in [0.2, 0.25) is 0 Å². The number of hydrogen-bond donors (Lipinski definition) is 0. The Labute approximate surface area is 180 Å². The fourth-order valence-electron chi connectivity index (χ4n) is 4.77. The number of methoxy groups -OCH3 is 1. The van der Waals surface area contributed by atoms with Gasteiger partial charge in [-0.2, -0.15) is 0 Å². The zero-order valence-corrected chi connectivity index (χ0v) is 19.1. The van der Waals surface area contributed by atoms with Crippen molar-refractivity contribution in [2.24, 2.45) is 5.92 Å². The van der Waals surface area contributed by atoms with Crippen LogP contribution >= 0.6 is 11.3 Å². The molecule has 0 fully saturated rings. The summed E-state index contributed by atoms with van der Waals surface area (Å²) in [6.07, 6.45) is 4.56. The molecule has 0 amide bonds. The molecule has 0 N–H and O–H groups in total. The normalized spacial score (nSPS) is 17.3. The summed E-state index contributed by atoms with van der Waals surface area (Å²) in [5.41, 5.74) is 3.64. The van der Waals surface area contributed by atoms with E-state index in [2.05, 4.69) is 23.4 Å². The van der Waals surface area contributed by atoms with Gasteiger partial charge in [0, 0.05) is 28.9 Å². The number of hydrogen-bond acceptors (Lipinski definition) is 5. The van der Waals surface area contributed by atoms with Crippen LogP contribution in [0.4, 0.5) is 0 Å². The van der Waals surface area contributed by atoms with E-state index in [1.807, 2.05) is 19.9 Å². The van der Waals surface area contributed by atoms with Gasteiger partial charge in [0.15, 0.2) is 5.78 Å². The maximum absolute atomic E-state index is 13.2. The summed E-state index contributed by atoms with van der Waals surface area (Å²) < 4.78 is 8.87. The molecule has 1 aliphatic carbocycles. The highest BCUT2D eigenvalue weighted by atomic mass is 32.1. The lowest BCUT2D eigenvalue weighted by atomic mass is 9.89. The number of ether oxygens (including phenoxy) is 1. The lowest BCUT2D eigenvalue weighted by Crippen LogP contribution is -2.25. The lowest BCUT2D eigenvalue weighted by Gasteiger charge is -2.18. The van der Waals surface area contributed by atoms with Gasteiger partial charge in [-0.3, -0.25) is 14.2 Å². The summed E-state index contributed by atoms with van der Waals surface area (Å²) in [6, 6.07) is 2.05. The zero-order valence-electron chi connectivity index (χ0n) is 18.3. The van der Waals surface area contributed by atoms with E-state index in [0.29, 0.717) is 18.1 Å². The highest BCUT2D eigenvalue weighted by Crippen LogP contribution is 2.35. The molecule has 6 nitrogen and oxygen atoms in total. The number of carbonyl (C=O) groups is 1. The van der Waals surface area contributed by atoms with Crippen molar-refractivity contribution >= 4 is 27.3 Å². The van der Waals surface area contributed by atoms with Crippen molar-refractivity contribution in [2.45, 2.75) is 59.5 Å². The van der Waals surface area contributed by atoms with Crippen LogP contribution < -0.4 is 5.56 Å². The number of nitrogens with zero attached hydrogens (tertiary/aromatic N) is 3. The molecule has 0 saturated carbocycles. The first kappa shape index (κ1) is 21.0. The molecule has 3 heterocycles. The van der Waals surface area contributed by atoms with E-state index in [4.69, 9.17) is 4.74 Å². The van der Waals surface area contributed by atoms with E-state index >= 15 is 0 Å². The predicted octanol–water partition coefficient (Wildman–Crippen LogP) is 4.09. The summed E-state index contributed by atoms with van der Waals surface area (Å²) in [7, 11) is 1.68. The van der Waals surface area contributed by atoms with Crippen LogP contribution in [-0.2, 0) is 24.1 Å². The van der Waals surface area contributed by atoms with Gasteiger partial charge in [-0.1, -0.05) is 6.92 Å². The number of Topliss-reactive ketones (excluding diaryl/α,β-unsaturated/α-hetero) is 1. The van der Waals surface area contributed by atoms with Crippen LogP contribution in [0.3, 0.4) is 0 Å². The fraction of sp³-hybridized carbons (Fsp3) is 0.522. The quantitative estimate of drug-likeness (QED) is 0.556. The highest BCUT2D eigenvalue weighted by molar-refractivity contribution is 7.18. The first-order chi connectivity index (χ1) is 14.3. The fourth-order valence-corrected chi connectivity index (χ4v) is 6.11. The minimum atomic E-state index is -0.0954. The monoisotopic (exact) mass is 427 g/mol. The van der Waals surface area contributed by atoms with Gasteiger partial charge < -0.3 is 9.30 Å². The van der Waals surface area contributed by atoms with Gasteiger partial charge in [0.2, 0.25) is 0 Å². The molecular formula is C23H29N3O3S. The molecule has 0 aromatic carbocycles. The van der Waals surface area contributed by atoms with Crippen molar-refractivity contribution in [2.75, 3.05) is 13.7 Å². The van der Waals surface area contributed by atoms with Crippen molar-refractivity contribution in [1.82, 2.24) is 14.1 Å². The molecule has 0 spiro atoms. The Hall–Kier alpha value is -2.25. The Morgan fingerprint density at radius 3 is 2.90 bits per heavy atom. The van der Waals surface area contributed by atoms with E-state index in [0.717, 1.165) is 46.4 Å². The molecule has 0 saturated heterocycles. The number of thiophene rings is 1. The molecule has 7 heteroatoms. The van der Waals surface area contributed by atoms with Gasteiger partial charge in [-0.15, -0.1) is 11.3 Å².